The minimum Gasteiger partial charge on any atom is -0.376 e. The first kappa shape index (κ1) is 10.6. The summed E-state index contributed by atoms with van der Waals surface area (Å²) in [5.41, 5.74) is 1.08. The number of ether oxygens (including phenoxy) is 1. The third-order valence-electron chi connectivity index (χ3n) is 2.95. The number of nitrogens with one attached hydrogen (secondary N) is 1. The van der Waals surface area contributed by atoms with Crippen LogP contribution < -0.4 is 5.32 Å². The van der Waals surface area contributed by atoms with E-state index in [0.29, 0.717) is 0 Å². The Kier molecular flexibility index (Phi) is 3.38. The summed E-state index contributed by atoms with van der Waals surface area (Å²) in [5.74, 6) is 0. The van der Waals surface area contributed by atoms with Crippen LogP contribution in [0.4, 0.5) is 0 Å². The number of aryl methyl sites for hydroxylation is 1. The minimum absolute atomic E-state index is 0.228. The molecule has 0 radical (unpaired) electrons. The molecule has 2 unspecified atom stereocenters. The van der Waals surface area contributed by atoms with Crippen LogP contribution in [0.1, 0.15) is 31.0 Å². The summed E-state index contributed by atoms with van der Waals surface area (Å²) in [7, 11) is 3.91. The van der Waals surface area contributed by atoms with Crippen LogP contribution in [-0.4, -0.2) is 29.5 Å². The van der Waals surface area contributed by atoms with Crippen molar-refractivity contribution >= 4 is 0 Å². The van der Waals surface area contributed by atoms with Crippen molar-refractivity contribution in [1.82, 2.24) is 15.1 Å². The van der Waals surface area contributed by atoms with Gasteiger partial charge in [-0.2, -0.15) is 5.10 Å². The molecule has 0 bridgehead atoms. The van der Waals surface area contributed by atoms with Crippen LogP contribution >= 0.6 is 0 Å². The second-order valence-corrected chi connectivity index (χ2v) is 4.09. The molecule has 84 valence electrons. The Morgan fingerprint density at radius 2 is 2.47 bits per heavy atom. The number of hydrogen-bond donors (Lipinski definition) is 1. The maximum atomic E-state index is 5.78. The lowest BCUT2D eigenvalue weighted by Gasteiger charge is -2.29. The molecular formula is C11H19N3O. The number of hydrogen-bond acceptors (Lipinski definition) is 3. The Morgan fingerprint density at radius 3 is 3.00 bits per heavy atom. The minimum atomic E-state index is 0.228. The van der Waals surface area contributed by atoms with Gasteiger partial charge >= 0.3 is 0 Å². The zero-order valence-electron chi connectivity index (χ0n) is 9.44. The third-order valence-corrected chi connectivity index (χ3v) is 2.95. The lowest BCUT2D eigenvalue weighted by Crippen LogP contribution is -2.34. The predicted octanol–water partition coefficient (Wildman–Crippen LogP) is 1.25. The van der Waals surface area contributed by atoms with E-state index in [4.69, 9.17) is 4.74 Å². The van der Waals surface area contributed by atoms with Crippen molar-refractivity contribution in [3.05, 3.63) is 18.0 Å². The van der Waals surface area contributed by atoms with Gasteiger partial charge in [0.05, 0.1) is 17.8 Å². The first-order valence-electron chi connectivity index (χ1n) is 5.59. The van der Waals surface area contributed by atoms with Crippen molar-refractivity contribution in [2.75, 3.05) is 13.7 Å². The molecule has 1 aliphatic rings. The van der Waals surface area contributed by atoms with Gasteiger partial charge in [-0.1, -0.05) is 0 Å². The largest absolute Gasteiger partial charge is 0.376 e. The van der Waals surface area contributed by atoms with Crippen molar-refractivity contribution < 1.29 is 4.74 Å². The average molecular weight is 209 g/mol. The summed E-state index contributed by atoms with van der Waals surface area (Å²) in [6, 6.07) is 2.28. The Bertz CT molecular complexity index is 305. The van der Waals surface area contributed by atoms with Crippen LogP contribution in [0, 0.1) is 0 Å². The number of aromatic nitrogens is 2. The van der Waals surface area contributed by atoms with Gasteiger partial charge < -0.3 is 10.1 Å². The van der Waals surface area contributed by atoms with Crippen molar-refractivity contribution in [3.8, 4) is 0 Å². The van der Waals surface area contributed by atoms with E-state index >= 15 is 0 Å². The van der Waals surface area contributed by atoms with Crippen LogP contribution in [0.5, 0.6) is 0 Å². The second-order valence-electron chi connectivity index (χ2n) is 4.09. The smallest absolute Gasteiger partial charge is 0.0820 e. The highest BCUT2D eigenvalue weighted by Gasteiger charge is 2.26. The van der Waals surface area contributed by atoms with Crippen molar-refractivity contribution in [3.63, 3.8) is 0 Å². The molecule has 4 heteroatoms. The SMILES string of the molecule is CNC(c1ccn(C)n1)C1CCCCO1. The number of rotatable bonds is 3. The van der Waals surface area contributed by atoms with E-state index in [1.807, 2.05) is 25.0 Å². The Hall–Kier alpha value is -0.870. The van der Waals surface area contributed by atoms with Gasteiger partial charge in [0, 0.05) is 19.9 Å². The molecule has 1 N–H and O–H groups in total. The van der Waals surface area contributed by atoms with Gasteiger partial charge in [0.2, 0.25) is 0 Å². The lowest BCUT2D eigenvalue weighted by molar-refractivity contribution is -0.00757. The molecule has 1 fully saturated rings. The highest BCUT2D eigenvalue weighted by molar-refractivity contribution is 5.07. The van der Waals surface area contributed by atoms with Crippen LogP contribution in [0.2, 0.25) is 0 Å². The molecule has 4 nitrogen and oxygen atoms in total. The molecule has 1 aliphatic heterocycles. The first-order chi connectivity index (χ1) is 7.31. The molecule has 0 aromatic carbocycles. The quantitative estimate of drug-likeness (QED) is 0.814. The highest BCUT2D eigenvalue weighted by atomic mass is 16.5. The standard InChI is InChI=1S/C11H19N3O/c1-12-11(9-6-7-14(2)13-9)10-5-3-4-8-15-10/h6-7,10-12H,3-5,8H2,1-2H3. The van der Waals surface area contributed by atoms with Crippen molar-refractivity contribution in [1.29, 1.82) is 0 Å². The highest BCUT2D eigenvalue weighted by Crippen LogP contribution is 2.24. The van der Waals surface area contributed by atoms with Gasteiger partial charge in [-0.25, -0.2) is 0 Å². The first-order valence-corrected chi connectivity index (χ1v) is 5.59. The zero-order valence-corrected chi connectivity index (χ0v) is 9.44. The summed E-state index contributed by atoms with van der Waals surface area (Å²) in [6.45, 7) is 0.885. The van der Waals surface area contributed by atoms with Gasteiger partial charge in [-0.3, -0.25) is 4.68 Å². The van der Waals surface area contributed by atoms with Crippen LogP contribution in [0.3, 0.4) is 0 Å². The fraction of sp³-hybridized carbons (Fsp3) is 0.727. The van der Waals surface area contributed by atoms with Crippen LogP contribution in [-0.2, 0) is 11.8 Å². The van der Waals surface area contributed by atoms with E-state index in [1.165, 1.54) is 12.8 Å². The van der Waals surface area contributed by atoms with Gasteiger partial charge in [0.25, 0.3) is 0 Å². The zero-order chi connectivity index (χ0) is 10.7. The summed E-state index contributed by atoms with van der Waals surface area (Å²) < 4.78 is 7.62. The lowest BCUT2D eigenvalue weighted by atomic mass is 10.00. The van der Waals surface area contributed by atoms with E-state index in [9.17, 15) is 0 Å². The molecule has 1 aromatic heterocycles. The summed E-state index contributed by atoms with van der Waals surface area (Å²) in [6.07, 6.45) is 5.83. The normalized spacial score (nSPS) is 24.0. The van der Waals surface area contributed by atoms with Gasteiger partial charge in [0.15, 0.2) is 0 Å². The maximum Gasteiger partial charge on any atom is 0.0820 e. The van der Waals surface area contributed by atoms with Crippen LogP contribution in [0.25, 0.3) is 0 Å². The molecular weight excluding hydrogens is 190 g/mol. The predicted molar refractivity (Wildman–Crippen MR) is 58.6 cm³/mol. The molecule has 15 heavy (non-hydrogen) atoms. The number of nitrogens with zero attached hydrogens (tertiary/aromatic N) is 2. The fourth-order valence-electron chi connectivity index (χ4n) is 2.15. The van der Waals surface area contributed by atoms with Crippen molar-refractivity contribution in [2.45, 2.75) is 31.4 Å². The van der Waals surface area contributed by atoms with E-state index in [1.54, 1.807) is 0 Å². The van der Waals surface area contributed by atoms with Gasteiger partial charge in [-0.05, 0) is 32.4 Å². The van der Waals surface area contributed by atoms with E-state index < -0.39 is 0 Å². The molecule has 0 amide bonds. The third kappa shape index (κ3) is 2.38. The van der Waals surface area contributed by atoms with Crippen molar-refractivity contribution in [2.24, 2.45) is 7.05 Å². The molecule has 0 saturated carbocycles. The molecule has 2 heterocycles. The van der Waals surface area contributed by atoms with Crippen LogP contribution in [0.15, 0.2) is 12.3 Å². The van der Waals surface area contributed by atoms with E-state index in [2.05, 4.69) is 16.5 Å². The summed E-state index contributed by atoms with van der Waals surface area (Å²) in [4.78, 5) is 0. The van der Waals surface area contributed by atoms with Gasteiger partial charge in [0.1, 0.15) is 0 Å². The fourth-order valence-corrected chi connectivity index (χ4v) is 2.15. The topological polar surface area (TPSA) is 39.1 Å². The molecule has 0 spiro atoms. The van der Waals surface area contributed by atoms with E-state index in [-0.39, 0.29) is 12.1 Å². The molecule has 1 aromatic rings. The monoisotopic (exact) mass is 209 g/mol. The Morgan fingerprint density at radius 1 is 1.60 bits per heavy atom. The molecule has 2 rings (SSSR count). The molecule has 1 saturated heterocycles. The number of likely N-dealkylation sites (N-methyl/N-ethyl adjacent to an activating group) is 1. The molecule has 0 aliphatic carbocycles. The summed E-state index contributed by atoms with van der Waals surface area (Å²) >= 11 is 0. The Balaban J connectivity index is 2.08. The van der Waals surface area contributed by atoms with E-state index in [0.717, 1.165) is 18.7 Å². The summed E-state index contributed by atoms with van der Waals surface area (Å²) in [5, 5.41) is 7.73. The molecule has 2 atom stereocenters. The maximum absolute atomic E-state index is 5.78. The second kappa shape index (κ2) is 4.77. The Labute approximate surface area is 90.6 Å². The van der Waals surface area contributed by atoms with Gasteiger partial charge in [-0.15, -0.1) is 0 Å². The average Bonchev–Trinajstić information content (AvgIpc) is 2.68.